The minimum atomic E-state index is -3.64. The zero-order valence-corrected chi connectivity index (χ0v) is 12.3. The van der Waals surface area contributed by atoms with Crippen molar-refractivity contribution in [3.63, 3.8) is 0 Å². The Balaban J connectivity index is 2.48. The fourth-order valence-electron chi connectivity index (χ4n) is 2.03. The molecule has 0 saturated heterocycles. The third-order valence-corrected chi connectivity index (χ3v) is 4.82. The minimum Gasteiger partial charge on any atom is -0.478 e. The molecular formula is C15H15NO4S. The lowest BCUT2D eigenvalue weighted by atomic mass is 10.1. The number of hydrogen-bond donors (Lipinski definition) is 1. The highest BCUT2D eigenvalue weighted by Crippen LogP contribution is 2.22. The highest BCUT2D eigenvalue weighted by Gasteiger charge is 2.21. The average Bonchev–Trinajstić information content (AvgIpc) is 2.47. The zero-order valence-electron chi connectivity index (χ0n) is 11.5. The van der Waals surface area contributed by atoms with Crippen molar-refractivity contribution in [2.45, 2.75) is 24.0 Å². The van der Waals surface area contributed by atoms with Crippen molar-refractivity contribution in [3.05, 3.63) is 59.4 Å². The number of sulfone groups is 1. The number of carboxylic acid groups (broad SMARTS) is 1. The third kappa shape index (κ3) is 3.46. The van der Waals surface area contributed by atoms with Crippen molar-refractivity contribution in [1.29, 1.82) is 0 Å². The number of rotatable bonds is 5. The van der Waals surface area contributed by atoms with Crippen LogP contribution in [0.2, 0.25) is 0 Å². The van der Waals surface area contributed by atoms with E-state index in [-0.39, 0.29) is 16.2 Å². The van der Waals surface area contributed by atoms with Gasteiger partial charge in [0.2, 0.25) is 0 Å². The van der Waals surface area contributed by atoms with E-state index in [1.807, 2.05) is 6.92 Å². The van der Waals surface area contributed by atoms with Gasteiger partial charge in [0.25, 0.3) is 0 Å². The molecule has 0 aliphatic heterocycles. The monoisotopic (exact) mass is 305 g/mol. The lowest BCUT2D eigenvalue weighted by Gasteiger charge is -2.10. The highest BCUT2D eigenvalue weighted by atomic mass is 32.2. The van der Waals surface area contributed by atoms with Crippen LogP contribution in [0.3, 0.4) is 0 Å². The Kier molecular flexibility index (Phi) is 4.37. The molecule has 0 unspecified atom stereocenters. The maximum absolute atomic E-state index is 12.5. The predicted octanol–water partition coefficient (Wildman–Crippen LogP) is 2.32. The molecule has 0 aliphatic carbocycles. The number of benzene rings is 1. The van der Waals surface area contributed by atoms with Crippen LogP contribution in [0.5, 0.6) is 0 Å². The molecule has 1 N–H and O–H groups in total. The molecular weight excluding hydrogens is 290 g/mol. The van der Waals surface area contributed by atoms with Crippen LogP contribution < -0.4 is 0 Å². The molecule has 0 spiro atoms. The summed E-state index contributed by atoms with van der Waals surface area (Å²) < 4.78 is 25.0. The van der Waals surface area contributed by atoms with E-state index in [2.05, 4.69) is 4.98 Å². The standard InChI is InChI=1S/C15H15NO4S/c1-2-11-6-7-12(15(17)18)9-14(11)21(19,20)10-13-5-3-4-8-16-13/h3-9H,2,10H2,1H3,(H,17,18). The maximum Gasteiger partial charge on any atom is 0.335 e. The van der Waals surface area contributed by atoms with E-state index in [1.165, 1.54) is 18.3 Å². The van der Waals surface area contributed by atoms with Crippen LogP contribution in [0.4, 0.5) is 0 Å². The van der Waals surface area contributed by atoms with Crippen LogP contribution in [0.1, 0.15) is 28.5 Å². The molecule has 2 aromatic rings. The van der Waals surface area contributed by atoms with Crippen LogP contribution >= 0.6 is 0 Å². The van der Waals surface area contributed by atoms with Gasteiger partial charge in [-0.25, -0.2) is 13.2 Å². The molecule has 21 heavy (non-hydrogen) atoms. The highest BCUT2D eigenvalue weighted by molar-refractivity contribution is 7.90. The summed E-state index contributed by atoms with van der Waals surface area (Å²) in [7, 11) is -3.64. The Morgan fingerprint density at radius 3 is 2.57 bits per heavy atom. The molecule has 110 valence electrons. The lowest BCUT2D eigenvalue weighted by molar-refractivity contribution is 0.0696. The first-order chi connectivity index (χ1) is 9.94. The molecule has 0 aliphatic rings. The summed E-state index contributed by atoms with van der Waals surface area (Å²) in [6.07, 6.45) is 2.04. The average molecular weight is 305 g/mol. The van der Waals surface area contributed by atoms with Gasteiger partial charge >= 0.3 is 5.97 Å². The smallest absolute Gasteiger partial charge is 0.335 e. The normalized spacial score (nSPS) is 11.3. The summed E-state index contributed by atoms with van der Waals surface area (Å²) in [6, 6.07) is 9.24. The number of carboxylic acids is 1. The Morgan fingerprint density at radius 1 is 1.24 bits per heavy atom. The first-order valence-corrected chi connectivity index (χ1v) is 8.08. The van der Waals surface area contributed by atoms with Gasteiger partial charge in [-0.2, -0.15) is 0 Å². The number of hydrogen-bond acceptors (Lipinski definition) is 4. The summed E-state index contributed by atoms with van der Waals surface area (Å²) in [5, 5.41) is 9.02. The number of aromatic carboxylic acids is 1. The summed E-state index contributed by atoms with van der Waals surface area (Å²) in [5.41, 5.74) is 1.00. The molecule has 0 amide bonds. The summed E-state index contributed by atoms with van der Waals surface area (Å²) in [6.45, 7) is 1.83. The van der Waals surface area contributed by atoms with Crippen LogP contribution in [0.15, 0.2) is 47.5 Å². The van der Waals surface area contributed by atoms with Gasteiger partial charge in [-0.3, -0.25) is 4.98 Å². The second-order valence-corrected chi connectivity index (χ2v) is 6.52. The van der Waals surface area contributed by atoms with Gasteiger partial charge in [-0.15, -0.1) is 0 Å². The van der Waals surface area contributed by atoms with Crippen molar-refractivity contribution in [1.82, 2.24) is 4.98 Å². The van der Waals surface area contributed by atoms with Crippen molar-refractivity contribution < 1.29 is 18.3 Å². The molecule has 5 nitrogen and oxygen atoms in total. The zero-order chi connectivity index (χ0) is 15.5. The van der Waals surface area contributed by atoms with Gasteiger partial charge in [0, 0.05) is 6.20 Å². The van der Waals surface area contributed by atoms with Crippen molar-refractivity contribution in [2.75, 3.05) is 0 Å². The summed E-state index contributed by atoms with van der Waals surface area (Å²) in [5.74, 6) is -1.39. The van der Waals surface area contributed by atoms with Crippen LogP contribution in [0, 0.1) is 0 Å². The van der Waals surface area contributed by atoms with Gasteiger partial charge in [0.1, 0.15) is 0 Å². The molecule has 6 heteroatoms. The molecule has 0 bridgehead atoms. The lowest BCUT2D eigenvalue weighted by Crippen LogP contribution is -2.10. The van der Waals surface area contributed by atoms with E-state index in [0.717, 1.165) is 0 Å². The maximum atomic E-state index is 12.5. The number of carbonyl (C=O) groups is 1. The molecule has 0 fully saturated rings. The fourth-order valence-corrected chi connectivity index (χ4v) is 3.66. The van der Waals surface area contributed by atoms with E-state index in [0.29, 0.717) is 17.7 Å². The number of aromatic nitrogens is 1. The Bertz CT molecular complexity index is 754. The first-order valence-electron chi connectivity index (χ1n) is 6.43. The molecule has 1 aromatic heterocycles. The van der Waals surface area contributed by atoms with Crippen molar-refractivity contribution in [2.24, 2.45) is 0 Å². The molecule has 0 radical (unpaired) electrons. The molecule has 2 rings (SSSR count). The quantitative estimate of drug-likeness (QED) is 0.916. The third-order valence-electron chi connectivity index (χ3n) is 3.09. The summed E-state index contributed by atoms with van der Waals surface area (Å²) in [4.78, 5) is 15.1. The van der Waals surface area contributed by atoms with E-state index in [4.69, 9.17) is 5.11 Å². The van der Waals surface area contributed by atoms with E-state index < -0.39 is 15.8 Å². The Labute approximate surface area is 123 Å². The molecule has 1 heterocycles. The minimum absolute atomic E-state index is 0.0354. The summed E-state index contributed by atoms with van der Waals surface area (Å²) >= 11 is 0. The van der Waals surface area contributed by atoms with Gasteiger partial charge in [0.15, 0.2) is 9.84 Å². The van der Waals surface area contributed by atoms with Crippen LogP contribution in [0.25, 0.3) is 0 Å². The second-order valence-electron chi connectivity index (χ2n) is 4.56. The van der Waals surface area contributed by atoms with Crippen molar-refractivity contribution >= 4 is 15.8 Å². The molecule has 0 saturated carbocycles. The van der Waals surface area contributed by atoms with E-state index >= 15 is 0 Å². The van der Waals surface area contributed by atoms with Crippen LogP contribution in [-0.2, 0) is 22.0 Å². The number of pyridine rings is 1. The second kappa shape index (κ2) is 6.05. The number of aryl methyl sites for hydroxylation is 1. The Morgan fingerprint density at radius 2 is 2.00 bits per heavy atom. The molecule has 0 atom stereocenters. The largest absolute Gasteiger partial charge is 0.478 e. The fraction of sp³-hybridized carbons (Fsp3) is 0.200. The van der Waals surface area contributed by atoms with Crippen LogP contribution in [-0.4, -0.2) is 24.5 Å². The Hall–Kier alpha value is -2.21. The van der Waals surface area contributed by atoms with Gasteiger partial charge in [-0.05, 0) is 36.2 Å². The van der Waals surface area contributed by atoms with Crippen molar-refractivity contribution in [3.8, 4) is 0 Å². The predicted molar refractivity (Wildman–Crippen MR) is 77.9 cm³/mol. The van der Waals surface area contributed by atoms with Gasteiger partial charge < -0.3 is 5.11 Å². The topological polar surface area (TPSA) is 84.3 Å². The number of nitrogens with zero attached hydrogens (tertiary/aromatic N) is 1. The SMILES string of the molecule is CCc1ccc(C(=O)O)cc1S(=O)(=O)Cc1ccccn1. The van der Waals surface area contributed by atoms with E-state index in [9.17, 15) is 13.2 Å². The molecule has 1 aromatic carbocycles. The van der Waals surface area contributed by atoms with Gasteiger partial charge in [-0.1, -0.05) is 19.1 Å². The van der Waals surface area contributed by atoms with Gasteiger partial charge in [0.05, 0.1) is 21.9 Å². The first kappa shape index (κ1) is 15.2. The van der Waals surface area contributed by atoms with E-state index in [1.54, 1.807) is 24.3 Å².